The number of aromatic nitrogens is 1. The molecule has 0 spiro atoms. The van der Waals surface area contributed by atoms with Crippen molar-refractivity contribution >= 4 is 27.5 Å². The Balaban J connectivity index is 2.27. The van der Waals surface area contributed by atoms with Gasteiger partial charge in [-0.3, -0.25) is 0 Å². The van der Waals surface area contributed by atoms with E-state index in [9.17, 15) is 0 Å². The molecule has 78 valence electrons. The van der Waals surface area contributed by atoms with Gasteiger partial charge in [-0.2, -0.15) is 0 Å². The van der Waals surface area contributed by atoms with Crippen molar-refractivity contribution in [3.05, 3.63) is 51.1 Å². The van der Waals surface area contributed by atoms with Crippen LogP contribution in [0.2, 0.25) is 5.02 Å². The minimum Gasteiger partial charge on any atom is -0.446 e. The number of rotatable bonds is 2. The fourth-order valence-corrected chi connectivity index (χ4v) is 1.91. The van der Waals surface area contributed by atoms with Gasteiger partial charge in [0.1, 0.15) is 5.76 Å². The van der Waals surface area contributed by atoms with Crippen LogP contribution in [0.1, 0.15) is 17.2 Å². The molecular weight excluding hydrogens is 277 g/mol. The zero-order valence-corrected chi connectivity index (χ0v) is 10.5. The standard InChI is InChI=1S/C11H9BrClNO/c1-7-6-14-11(15-7)5-8-4-9(13)2-3-10(8)12/h2-4,6H,5H2,1H3. The van der Waals surface area contributed by atoms with Gasteiger partial charge in [-0.05, 0) is 30.7 Å². The summed E-state index contributed by atoms with van der Waals surface area (Å²) in [4.78, 5) is 4.15. The van der Waals surface area contributed by atoms with E-state index in [0.717, 1.165) is 20.8 Å². The Morgan fingerprint density at radius 1 is 1.47 bits per heavy atom. The fraction of sp³-hybridized carbons (Fsp3) is 0.182. The van der Waals surface area contributed by atoms with Gasteiger partial charge < -0.3 is 4.42 Å². The summed E-state index contributed by atoms with van der Waals surface area (Å²) in [5.41, 5.74) is 1.07. The molecule has 0 N–H and O–H groups in total. The molecule has 0 saturated carbocycles. The summed E-state index contributed by atoms with van der Waals surface area (Å²) in [6.45, 7) is 1.88. The summed E-state index contributed by atoms with van der Waals surface area (Å²) in [6, 6.07) is 5.68. The van der Waals surface area contributed by atoms with Crippen LogP contribution in [0, 0.1) is 6.92 Å². The van der Waals surface area contributed by atoms with Crippen molar-refractivity contribution in [3.8, 4) is 0 Å². The quantitative estimate of drug-likeness (QED) is 0.834. The summed E-state index contributed by atoms with van der Waals surface area (Å²) in [6.07, 6.45) is 2.36. The van der Waals surface area contributed by atoms with Crippen LogP contribution in [-0.2, 0) is 6.42 Å². The van der Waals surface area contributed by atoms with E-state index in [2.05, 4.69) is 20.9 Å². The number of aryl methyl sites for hydroxylation is 1. The molecule has 2 nitrogen and oxygen atoms in total. The van der Waals surface area contributed by atoms with Gasteiger partial charge in [0.25, 0.3) is 0 Å². The fourth-order valence-electron chi connectivity index (χ4n) is 1.32. The topological polar surface area (TPSA) is 26.0 Å². The summed E-state index contributed by atoms with van der Waals surface area (Å²) in [5.74, 6) is 1.53. The van der Waals surface area contributed by atoms with E-state index in [-0.39, 0.29) is 0 Å². The lowest BCUT2D eigenvalue weighted by Gasteiger charge is -2.01. The molecule has 0 aliphatic heterocycles. The first kappa shape index (κ1) is 10.7. The zero-order chi connectivity index (χ0) is 10.8. The van der Waals surface area contributed by atoms with Crippen LogP contribution >= 0.6 is 27.5 Å². The highest BCUT2D eigenvalue weighted by molar-refractivity contribution is 9.10. The van der Waals surface area contributed by atoms with E-state index in [4.69, 9.17) is 16.0 Å². The smallest absolute Gasteiger partial charge is 0.198 e. The molecule has 1 aromatic heterocycles. The highest BCUT2D eigenvalue weighted by Crippen LogP contribution is 2.23. The first-order valence-corrected chi connectivity index (χ1v) is 5.67. The van der Waals surface area contributed by atoms with Crippen molar-refractivity contribution in [2.75, 3.05) is 0 Å². The third-order valence-electron chi connectivity index (χ3n) is 2.02. The average Bonchev–Trinajstić information content (AvgIpc) is 2.58. The number of benzene rings is 1. The third-order valence-corrected chi connectivity index (χ3v) is 3.03. The van der Waals surface area contributed by atoms with E-state index in [0.29, 0.717) is 12.3 Å². The van der Waals surface area contributed by atoms with E-state index in [1.165, 1.54) is 0 Å². The maximum atomic E-state index is 5.92. The number of oxazole rings is 1. The van der Waals surface area contributed by atoms with Gasteiger partial charge >= 0.3 is 0 Å². The van der Waals surface area contributed by atoms with Gasteiger partial charge in [0.15, 0.2) is 5.89 Å². The number of hydrogen-bond donors (Lipinski definition) is 0. The Morgan fingerprint density at radius 2 is 2.27 bits per heavy atom. The summed E-state index contributed by atoms with van der Waals surface area (Å²) >= 11 is 9.38. The molecule has 0 saturated heterocycles. The predicted octanol–water partition coefficient (Wildman–Crippen LogP) is 3.99. The lowest BCUT2D eigenvalue weighted by molar-refractivity contribution is 0.481. The van der Waals surface area contributed by atoms with Gasteiger partial charge in [0.2, 0.25) is 0 Å². The van der Waals surface area contributed by atoms with Crippen LogP contribution in [-0.4, -0.2) is 4.98 Å². The van der Waals surface area contributed by atoms with Crippen molar-refractivity contribution in [1.29, 1.82) is 0 Å². The first-order valence-electron chi connectivity index (χ1n) is 4.50. The largest absolute Gasteiger partial charge is 0.446 e. The first-order chi connectivity index (χ1) is 7.15. The minimum absolute atomic E-state index is 0.648. The molecule has 0 radical (unpaired) electrons. The van der Waals surface area contributed by atoms with Gasteiger partial charge in [0, 0.05) is 9.50 Å². The van der Waals surface area contributed by atoms with Crippen LogP contribution in [0.4, 0.5) is 0 Å². The van der Waals surface area contributed by atoms with Crippen LogP contribution in [0.5, 0.6) is 0 Å². The maximum Gasteiger partial charge on any atom is 0.198 e. The highest BCUT2D eigenvalue weighted by Gasteiger charge is 2.06. The van der Waals surface area contributed by atoms with E-state index < -0.39 is 0 Å². The van der Waals surface area contributed by atoms with Crippen molar-refractivity contribution < 1.29 is 4.42 Å². The van der Waals surface area contributed by atoms with Gasteiger partial charge in [0.05, 0.1) is 12.6 Å². The summed E-state index contributed by atoms with van der Waals surface area (Å²) in [7, 11) is 0. The summed E-state index contributed by atoms with van der Waals surface area (Å²) in [5, 5.41) is 0.719. The van der Waals surface area contributed by atoms with Crippen molar-refractivity contribution in [3.63, 3.8) is 0 Å². The Hall–Kier alpha value is -0.800. The molecule has 2 rings (SSSR count). The Kier molecular flexibility index (Phi) is 3.12. The van der Waals surface area contributed by atoms with Crippen molar-refractivity contribution in [2.45, 2.75) is 13.3 Å². The number of hydrogen-bond acceptors (Lipinski definition) is 2. The second kappa shape index (κ2) is 4.37. The van der Waals surface area contributed by atoms with Crippen LogP contribution < -0.4 is 0 Å². The number of nitrogens with zero attached hydrogens (tertiary/aromatic N) is 1. The molecule has 0 fully saturated rings. The van der Waals surface area contributed by atoms with Crippen LogP contribution in [0.15, 0.2) is 33.3 Å². The lowest BCUT2D eigenvalue weighted by Crippen LogP contribution is -1.89. The predicted molar refractivity (Wildman–Crippen MR) is 63.2 cm³/mol. The van der Waals surface area contributed by atoms with E-state index >= 15 is 0 Å². The molecule has 4 heteroatoms. The third kappa shape index (κ3) is 2.61. The molecule has 2 aromatic rings. The van der Waals surface area contributed by atoms with Gasteiger partial charge in [-0.1, -0.05) is 27.5 Å². The zero-order valence-electron chi connectivity index (χ0n) is 8.13. The van der Waals surface area contributed by atoms with Crippen LogP contribution in [0.25, 0.3) is 0 Å². The van der Waals surface area contributed by atoms with Crippen molar-refractivity contribution in [2.24, 2.45) is 0 Å². The molecule has 0 unspecified atom stereocenters. The normalized spacial score (nSPS) is 10.6. The second-order valence-corrected chi connectivity index (χ2v) is 4.57. The molecular formula is C11H9BrClNO. The average molecular weight is 287 g/mol. The van der Waals surface area contributed by atoms with Crippen molar-refractivity contribution in [1.82, 2.24) is 4.98 Å². The molecule has 0 aliphatic carbocycles. The Morgan fingerprint density at radius 3 is 2.93 bits per heavy atom. The summed E-state index contributed by atoms with van der Waals surface area (Å²) < 4.78 is 6.42. The molecule has 1 aromatic carbocycles. The molecule has 1 heterocycles. The minimum atomic E-state index is 0.648. The molecule has 0 bridgehead atoms. The van der Waals surface area contributed by atoms with E-state index in [1.807, 2.05) is 25.1 Å². The molecule has 0 atom stereocenters. The lowest BCUT2D eigenvalue weighted by atomic mass is 10.1. The molecule has 15 heavy (non-hydrogen) atoms. The van der Waals surface area contributed by atoms with Gasteiger partial charge in [-0.25, -0.2) is 4.98 Å². The number of halogens is 2. The molecule has 0 aliphatic rings. The van der Waals surface area contributed by atoms with Gasteiger partial charge in [-0.15, -0.1) is 0 Å². The SMILES string of the molecule is Cc1cnc(Cc2cc(Cl)ccc2Br)o1. The maximum absolute atomic E-state index is 5.92. The Labute approximate surface area is 101 Å². The monoisotopic (exact) mass is 285 g/mol. The van der Waals surface area contributed by atoms with E-state index in [1.54, 1.807) is 6.20 Å². The van der Waals surface area contributed by atoms with Crippen LogP contribution in [0.3, 0.4) is 0 Å². The highest BCUT2D eigenvalue weighted by atomic mass is 79.9. The Bertz CT molecular complexity index is 481. The molecule has 0 amide bonds. The second-order valence-electron chi connectivity index (χ2n) is 3.28.